The zero-order valence-corrected chi connectivity index (χ0v) is 20.7. The average molecular weight is 488 g/mol. The molecule has 1 aliphatic carbocycles. The number of ether oxygens (including phenoxy) is 2. The zero-order valence-electron chi connectivity index (χ0n) is 20.7. The summed E-state index contributed by atoms with van der Waals surface area (Å²) in [5.41, 5.74) is 3.36. The van der Waals surface area contributed by atoms with Gasteiger partial charge in [-0.25, -0.2) is 0 Å². The lowest BCUT2D eigenvalue weighted by atomic mass is 9.69. The summed E-state index contributed by atoms with van der Waals surface area (Å²) in [6.45, 7) is 3.68. The van der Waals surface area contributed by atoms with Gasteiger partial charge in [-0.2, -0.15) is 0 Å². The van der Waals surface area contributed by atoms with E-state index >= 15 is 0 Å². The summed E-state index contributed by atoms with van der Waals surface area (Å²) in [4.78, 5) is 20.4. The predicted molar refractivity (Wildman–Crippen MR) is 136 cm³/mol. The van der Waals surface area contributed by atoms with Crippen LogP contribution < -0.4 is 14.4 Å². The van der Waals surface area contributed by atoms with Gasteiger partial charge in [0.25, 0.3) is 0 Å². The molecule has 2 unspecified atom stereocenters. The fourth-order valence-electron chi connectivity index (χ4n) is 7.32. The number of likely N-dealkylation sites (tertiary alicyclic amines) is 1. The van der Waals surface area contributed by atoms with Crippen molar-refractivity contribution in [3.63, 3.8) is 0 Å². The van der Waals surface area contributed by atoms with Crippen LogP contribution in [-0.2, 0) is 16.8 Å². The molecule has 2 saturated heterocycles. The Morgan fingerprint density at radius 3 is 2.78 bits per heavy atom. The molecule has 5 aliphatic rings. The van der Waals surface area contributed by atoms with Gasteiger partial charge in [-0.3, -0.25) is 9.69 Å². The maximum absolute atomic E-state index is 13.5. The monoisotopic (exact) mass is 487 g/mol. The SMILES string of the molecule is COc1ccc2c3c1O[C@H]1C[C@@H](O)C=C[C@@]31CCN(CC(=O)N1CC3CC1CN3c1ccccc1)C2. The van der Waals surface area contributed by atoms with Crippen LogP contribution in [0.5, 0.6) is 11.5 Å². The molecule has 2 fully saturated rings. The molecule has 5 atom stereocenters. The number of piperazine rings is 1. The van der Waals surface area contributed by atoms with Gasteiger partial charge in [-0.15, -0.1) is 0 Å². The topological polar surface area (TPSA) is 65.5 Å². The quantitative estimate of drug-likeness (QED) is 0.669. The molecule has 2 aromatic rings. The summed E-state index contributed by atoms with van der Waals surface area (Å²) >= 11 is 0. The molecule has 7 heteroatoms. The number of para-hydroxylation sites is 1. The van der Waals surface area contributed by atoms with Gasteiger partial charge < -0.3 is 24.4 Å². The number of nitrogens with zero attached hydrogens (tertiary/aromatic N) is 3. The van der Waals surface area contributed by atoms with Gasteiger partial charge >= 0.3 is 0 Å². The van der Waals surface area contributed by atoms with Crippen LogP contribution in [0.15, 0.2) is 54.6 Å². The van der Waals surface area contributed by atoms with E-state index in [1.807, 2.05) is 12.1 Å². The highest BCUT2D eigenvalue weighted by Gasteiger charge is 2.53. The summed E-state index contributed by atoms with van der Waals surface area (Å²) < 4.78 is 12.1. The van der Waals surface area contributed by atoms with Crippen molar-refractivity contribution in [2.45, 2.75) is 55.5 Å². The van der Waals surface area contributed by atoms with Crippen molar-refractivity contribution in [2.75, 3.05) is 38.2 Å². The number of carbonyl (C=O) groups excluding carboxylic acids is 1. The van der Waals surface area contributed by atoms with Crippen LogP contribution >= 0.6 is 0 Å². The van der Waals surface area contributed by atoms with Gasteiger partial charge in [-0.1, -0.05) is 36.4 Å². The molecule has 0 saturated carbocycles. The predicted octanol–water partition coefficient (Wildman–Crippen LogP) is 2.71. The van der Waals surface area contributed by atoms with Gasteiger partial charge in [0, 0.05) is 49.9 Å². The Kier molecular flexibility index (Phi) is 5.08. The number of fused-ring (bicyclic) bond motifs is 2. The molecule has 2 aromatic carbocycles. The molecule has 0 aromatic heterocycles. The summed E-state index contributed by atoms with van der Waals surface area (Å²) in [5, 5.41) is 10.3. The lowest BCUT2D eigenvalue weighted by molar-refractivity contribution is -0.133. The molecule has 1 N–H and O–H groups in total. The average Bonchev–Trinajstić information content (AvgIpc) is 3.56. The van der Waals surface area contributed by atoms with Gasteiger partial charge in [0.05, 0.1) is 31.2 Å². The fourth-order valence-corrected chi connectivity index (χ4v) is 7.32. The number of rotatable bonds is 4. The van der Waals surface area contributed by atoms with Crippen LogP contribution in [0.3, 0.4) is 0 Å². The number of aliphatic hydroxyl groups is 1. The van der Waals surface area contributed by atoms with Crippen molar-refractivity contribution >= 4 is 11.6 Å². The van der Waals surface area contributed by atoms with Gasteiger partial charge in [0.2, 0.25) is 5.91 Å². The van der Waals surface area contributed by atoms with Crippen molar-refractivity contribution in [2.24, 2.45) is 0 Å². The van der Waals surface area contributed by atoms with Crippen LogP contribution in [0, 0.1) is 0 Å². The lowest BCUT2D eigenvalue weighted by Gasteiger charge is -2.37. The number of amides is 1. The number of hydrogen-bond donors (Lipinski definition) is 1. The van der Waals surface area contributed by atoms with Crippen LogP contribution in [0.25, 0.3) is 0 Å². The molecule has 1 spiro atoms. The number of carbonyl (C=O) groups is 1. The first kappa shape index (κ1) is 22.2. The number of methoxy groups -OCH3 is 1. The normalized spacial score (nSPS) is 32.2. The Balaban J connectivity index is 1.10. The molecular weight excluding hydrogens is 454 g/mol. The highest BCUT2D eigenvalue weighted by Crippen LogP contribution is 2.55. The van der Waals surface area contributed by atoms with Gasteiger partial charge in [0.1, 0.15) is 6.10 Å². The number of benzene rings is 2. The zero-order chi connectivity index (χ0) is 24.4. The maximum Gasteiger partial charge on any atom is 0.237 e. The van der Waals surface area contributed by atoms with Crippen LogP contribution in [0.1, 0.15) is 30.4 Å². The number of aliphatic hydroxyl groups excluding tert-OH is 1. The van der Waals surface area contributed by atoms with Crippen LogP contribution in [0.4, 0.5) is 5.69 Å². The van der Waals surface area contributed by atoms with Crippen molar-refractivity contribution in [3.8, 4) is 11.5 Å². The second kappa shape index (κ2) is 8.25. The van der Waals surface area contributed by atoms with E-state index in [-0.39, 0.29) is 17.4 Å². The Bertz CT molecular complexity index is 1220. The molecule has 2 bridgehead atoms. The van der Waals surface area contributed by atoms with E-state index in [0.29, 0.717) is 31.6 Å². The van der Waals surface area contributed by atoms with E-state index in [0.717, 1.165) is 44.0 Å². The third-order valence-electron chi connectivity index (χ3n) is 9.04. The van der Waals surface area contributed by atoms with Crippen molar-refractivity contribution in [1.82, 2.24) is 9.80 Å². The number of hydrogen-bond acceptors (Lipinski definition) is 6. The molecule has 0 radical (unpaired) electrons. The van der Waals surface area contributed by atoms with E-state index < -0.39 is 6.10 Å². The summed E-state index contributed by atoms with van der Waals surface area (Å²) in [7, 11) is 1.67. The molecule has 4 heterocycles. The molecule has 1 amide bonds. The minimum absolute atomic E-state index is 0.114. The third-order valence-corrected chi connectivity index (χ3v) is 9.04. The maximum atomic E-state index is 13.5. The smallest absolute Gasteiger partial charge is 0.237 e. The first-order valence-corrected chi connectivity index (χ1v) is 13.1. The van der Waals surface area contributed by atoms with E-state index in [4.69, 9.17) is 9.47 Å². The molecule has 36 heavy (non-hydrogen) atoms. The minimum Gasteiger partial charge on any atom is -0.493 e. The molecule has 7 nitrogen and oxygen atoms in total. The first-order valence-electron chi connectivity index (χ1n) is 13.1. The Morgan fingerprint density at radius 1 is 1.14 bits per heavy atom. The van der Waals surface area contributed by atoms with E-state index in [1.165, 1.54) is 16.8 Å². The second-order valence-corrected chi connectivity index (χ2v) is 11.0. The Morgan fingerprint density at radius 2 is 2.00 bits per heavy atom. The standard InChI is InChI=1S/C29H33N3O4/c1-35-24-8-7-19-15-30(12-11-29-10-9-23(33)14-25(29)36-28(24)27(19)29)18-26(34)32-17-21-13-22(32)16-31(21)20-5-3-2-4-6-20/h2-10,21-23,25,33H,11-18H2,1H3/t21?,22?,23-,25-,29-/m0/s1. The first-order chi connectivity index (χ1) is 17.6. The number of anilines is 1. The molecule has 188 valence electrons. The summed E-state index contributed by atoms with van der Waals surface area (Å²) in [6.07, 6.45) is 5.95. The lowest BCUT2D eigenvalue weighted by Crippen LogP contribution is -2.51. The second-order valence-electron chi connectivity index (χ2n) is 11.0. The third kappa shape index (κ3) is 3.29. The van der Waals surface area contributed by atoms with E-state index in [1.54, 1.807) is 7.11 Å². The fraction of sp³-hybridized carbons (Fsp3) is 0.483. The van der Waals surface area contributed by atoms with Crippen molar-refractivity contribution < 1.29 is 19.4 Å². The van der Waals surface area contributed by atoms with E-state index in [2.05, 4.69) is 57.2 Å². The largest absolute Gasteiger partial charge is 0.493 e. The minimum atomic E-state index is -0.494. The molecule has 4 aliphatic heterocycles. The van der Waals surface area contributed by atoms with Crippen LogP contribution in [-0.4, -0.2) is 78.4 Å². The highest BCUT2D eigenvalue weighted by molar-refractivity contribution is 5.80. The Hall–Kier alpha value is -3.03. The molecule has 7 rings (SSSR count). The summed E-state index contributed by atoms with van der Waals surface area (Å²) in [6, 6.07) is 15.4. The highest BCUT2D eigenvalue weighted by atomic mass is 16.5. The van der Waals surface area contributed by atoms with Gasteiger partial charge in [-0.05, 0) is 36.6 Å². The van der Waals surface area contributed by atoms with Gasteiger partial charge in [0.15, 0.2) is 11.5 Å². The summed E-state index contributed by atoms with van der Waals surface area (Å²) in [5.74, 6) is 1.79. The van der Waals surface area contributed by atoms with Crippen molar-refractivity contribution in [3.05, 3.63) is 65.7 Å². The Labute approximate surface area is 211 Å². The molecular formula is C29H33N3O4. The van der Waals surface area contributed by atoms with Crippen molar-refractivity contribution in [1.29, 1.82) is 0 Å². The van der Waals surface area contributed by atoms with E-state index in [9.17, 15) is 9.90 Å². The van der Waals surface area contributed by atoms with Crippen LogP contribution in [0.2, 0.25) is 0 Å².